The Morgan fingerprint density at radius 1 is 1.30 bits per heavy atom. The molecule has 1 aromatic carbocycles. The highest BCUT2D eigenvalue weighted by Crippen LogP contribution is 2.29. The van der Waals surface area contributed by atoms with E-state index in [1.807, 2.05) is 35.9 Å². The van der Waals surface area contributed by atoms with Crippen molar-refractivity contribution < 1.29 is 14.3 Å². The van der Waals surface area contributed by atoms with Crippen molar-refractivity contribution in [1.29, 1.82) is 0 Å². The summed E-state index contributed by atoms with van der Waals surface area (Å²) in [6, 6.07) is 5.21. The van der Waals surface area contributed by atoms with E-state index in [0.29, 0.717) is 24.6 Å². The zero-order valence-corrected chi connectivity index (χ0v) is 13.6. The molecule has 0 aliphatic rings. The Labute approximate surface area is 135 Å². The second-order valence-corrected chi connectivity index (χ2v) is 5.04. The number of carbonyl (C=O) groups excluding carboxylic acids is 1. The lowest BCUT2D eigenvalue weighted by molar-refractivity contribution is 0.237. The maximum absolute atomic E-state index is 11.9. The molecule has 0 unspecified atom stereocenters. The number of urea groups is 1. The Kier molecular flexibility index (Phi) is 5.85. The average Bonchev–Trinajstić information content (AvgIpc) is 3.07. The average molecular weight is 318 g/mol. The molecule has 7 heteroatoms. The minimum atomic E-state index is -0.215. The Balaban J connectivity index is 1.85. The standard InChI is InChI=1S/C16H22N4O3/c1-12(13-4-5-14(22-2)15(10-13)23-3)19-16(21)18-7-9-20-8-6-17-11-20/h4-6,8,10-12H,7,9H2,1-3H3,(H2,18,19,21)/t12-/m0/s1. The number of benzene rings is 1. The van der Waals surface area contributed by atoms with Crippen molar-refractivity contribution in [1.82, 2.24) is 20.2 Å². The van der Waals surface area contributed by atoms with Crippen molar-refractivity contribution in [3.8, 4) is 11.5 Å². The summed E-state index contributed by atoms with van der Waals surface area (Å²) in [5, 5.41) is 5.71. The Bertz CT molecular complexity index is 628. The summed E-state index contributed by atoms with van der Waals surface area (Å²) in [5.74, 6) is 1.30. The van der Waals surface area contributed by atoms with Gasteiger partial charge in [-0.3, -0.25) is 0 Å². The van der Waals surface area contributed by atoms with Crippen LogP contribution in [0.25, 0.3) is 0 Å². The lowest BCUT2D eigenvalue weighted by Gasteiger charge is -2.17. The fourth-order valence-corrected chi connectivity index (χ4v) is 2.17. The van der Waals surface area contributed by atoms with Crippen LogP contribution in [-0.2, 0) is 6.54 Å². The van der Waals surface area contributed by atoms with E-state index in [9.17, 15) is 4.79 Å². The zero-order chi connectivity index (χ0) is 16.7. The van der Waals surface area contributed by atoms with E-state index in [2.05, 4.69) is 15.6 Å². The molecule has 0 radical (unpaired) electrons. The van der Waals surface area contributed by atoms with Crippen molar-refractivity contribution in [2.45, 2.75) is 19.5 Å². The molecule has 0 fully saturated rings. The van der Waals surface area contributed by atoms with Crippen LogP contribution < -0.4 is 20.1 Å². The minimum Gasteiger partial charge on any atom is -0.493 e. The highest BCUT2D eigenvalue weighted by atomic mass is 16.5. The number of hydrogen-bond donors (Lipinski definition) is 2. The normalized spacial score (nSPS) is 11.6. The van der Waals surface area contributed by atoms with Gasteiger partial charge in [-0.25, -0.2) is 9.78 Å². The molecule has 0 aliphatic carbocycles. The van der Waals surface area contributed by atoms with Gasteiger partial charge in [-0.05, 0) is 24.6 Å². The first-order valence-electron chi connectivity index (χ1n) is 7.36. The van der Waals surface area contributed by atoms with Crippen LogP contribution in [-0.4, -0.2) is 36.3 Å². The fourth-order valence-electron chi connectivity index (χ4n) is 2.17. The van der Waals surface area contributed by atoms with E-state index in [1.165, 1.54) is 0 Å². The van der Waals surface area contributed by atoms with Crippen LogP contribution in [0.4, 0.5) is 4.79 Å². The monoisotopic (exact) mass is 318 g/mol. The van der Waals surface area contributed by atoms with E-state index in [1.54, 1.807) is 26.7 Å². The number of hydrogen-bond acceptors (Lipinski definition) is 4. The summed E-state index contributed by atoms with van der Waals surface area (Å²) in [4.78, 5) is 15.9. The van der Waals surface area contributed by atoms with Crippen LogP contribution in [0.15, 0.2) is 36.9 Å². The Morgan fingerprint density at radius 3 is 2.74 bits per heavy atom. The van der Waals surface area contributed by atoms with E-state index < -0.39 is 0 Å². The first-order chi connectivity index (χ1) is 11.1. The molecule has 1 heterocycles. The lowest BCUT2D eigenvalue weighted by Crippen LogP contribution is -2.38. The molecule has 0 saturated heterocycles. The first-order valence-corrected chi connectivity index (χ1v) is 7.36. The van der Waals surface area contributed by atoms with Gasteiger partial charge < -0.3 is 24.7 Å². The van der Waals surface area contributed by atoms with Gasteiger partial charge in [-0.1, -0.05) is 6.07 Å². The molecule has 2 aromatic rings. The van der Waals surface area contributed by atoms with Gasteiger partial charge in [0.1, 0.15) is 0 Å². The van der Waals surface area contributed by atoms with E-state index in [4.69, 9.17) is 9.47 Å². The van der Waals surface area contributed by atoms with E-state index >= 15 is 0 Å². The molecule has 1 atom stereocenters. The fraction of sp³-hybridized carbons (Fsp3) is 0.375. The molecule has 23 heavy (non-hydrogen) atoms. The number of imidazole rings is 1. The second-order valence-electron chi connectivity index (χ2n) is 5.04. The number of amides is 2. The molecule has 0 saturated carbocycles. The van der Waals surface area contributed by atoms with Crippen molar-refractivity contribution in [3.63, 3.8) is 0 Å². The molecular weight excluding hydrogens is 296 g/mol. The van der Waals surface area contributed by atoms with Crippen LogP contribution in [0, 0.1) is 0 Å². The predicted molar refractivity (Wildman–Crippen MR) is 86.7 cm³/mol. The van der Waals surface area contributed by atoms with Gasteiger partial charge in [0.15, 0.2) is 11.5 Å². The molecule has 7 nitrogen and oxygen atoms in total. The molecule has 2 amide bonds. The predicted octanol–water partition coefficient (Wildman–Crippen LogP) is 1.96. The van der Waals surface area contributed by atoms with Gasteiger partial charge in [0.25, 0.3) is 0 Å². The van der Waals surface area contributed by atoms with Gasteiger partial charge >= 0.3 is 6.03 Å². The number of carbonyl (C=O) groups is 1. The summed E-state index contributed by atoms with van der Waals surface area (Å²) < 4.78 is 12.4. The van der Waals surface area contributed by atoms with Crippen molar-refractivity contribution in [3.05, 3.63) is 42.5 Å². The molecular formula is C16H22N4O3. The molecule has 1 aromatic heterocycles. The van der Waals surface area contributed by atoms with Crippen LogP contribution in [0.3, 0.4) is 0 Å². The second kappa shape index (κ2) is 8.07. The number of ether oxygens (including phenoxy) is 2. The van der Waals surface area contributed by atoms with Crippen LogP contribution >= 0.6 is 0 Å². The highest BCUT2D eigenvalue weighted by Gasteiger charge is 2.12. The van der Waals surface area contributed by atoms with Gasteiger partial charge in [-0.2, -0.15) is 0 Å². The van der Waals surface area contributed by atoms with Gasteiger partial charge in [0.2, 0.25) is 0 Å². The van der Waals surface area contributed by atoms with Gasteiger partial charge in [0, 0.05) is 25.5 Å². The highest BCUT2D eigenvalue weighted by molar-refractivity contribution is 5.74. The quantitative estimate of drug-likeness (QED) is 0.818. The maximum atomic E-state index is 11.9. The zero-order valence-electron chi connectivity index (χ0n) is 13.6. The third kappa shape index (κ3) is 4.64. The van der Waals surface area contributed by atoms with Crippen molar-refractivity contribution in [2.24, 2.45) is 0 Å². The molecule has 2 rings (SSSR count). The number of nitrogens with one attached hydrogen (secondary N) is 2. The third-order valence-corrected chi connectivity index (χ3v) is 3.47. The number of methoxy groups -OCH3 is 2. The van der Waals surface area contributed by atoms with Crippen molar-refractivity contribution in [2.75, 3.05) is 20.8 Å². The smallest absolute Gasteiger partial charge is 0.315 e. The topological polar surface area (TPSA) is 77.4 Å². The third-order valence-electron chi connectivity index (χ3n) is 3.47. The Hall–Kier alpha value is -2.70. The minimum absolute atomic E-state index is 0.150. The summed E-state index contributed by atoms with van der Waals surface area (Å²) >= 11 is 0. The van der Waals surface area contributed by atoms with Crippen LogP contribution in [0.5, 0.6) is 11.5 Å². The first kappa shape index (κ1) is 16.7. The molecule has 0 spiro atoms. The summed E-state index contributed by atoms with van der Waals surface area (Å²) in [6.45, 7) is 3.12. The number of nitrogens with zero attached hydrogens (tertiary/aromatic N) is 2. The summed E-state index contributed by atoms with van der Waals surface area (Å²) in [5.41, 5.74) is 0.937. The molecule has 2 N–H and O–H groups in total. The lowest BCUT2D eigenvalue weighted by atomic mass is 10.1. The largest absolute Gasteiger partial charge is 0.493 e. The maximum Gasteiger partial charge on any atom is 0.315 e. The molecule has 0 bridgehead atoms. The number of aromatic nitrogens is 2. The van der Waals surface area contributed by atoms with Gasteiger partial charge in [-0.15, -0.1) is 0 Å². The summed E-state index contributed by atoms with van der Waals surface area (Å²) in [7, 11) is 3.18. The number of rotatable bonds is 7. The Morgan fingerprint density at radius 2 is 2.09 bits per heavy atom. The SMILES string of the molecule is COc1ccc([C@H](C)NC(=O)NCCn2ccnc2)cc1OC. The van der Waals surface area contributed by atoms with Crippen molar-refractivity contribution >= 4 is 6.03 Å². The van der Waals surface area contributed by atoms with E-state index in [0.717, 1.165) is 5.56 Å². The summed E-state index contributed by atoms with van der Waals surface area (Å²) in [6.07, 6.45) is 5.27. The molecule has 124 valence electrons. The van der Waals surface area contributed by atoms with E-state index in [-0.39, 0.29) is 12.1 Å². The van der Waals surface area contributed by atoms with Gasteiger partial charge in [0.05, 0.1) is 26.6 Å². The molecule has 0 aliphatic heterocycles. The van der Waals surface area contributed by atoms with Crippen LogP contribution in [0.1, 0.15) is 18.5 Å². The van der Waals surface area contributed by atoms with Crippen LogP contribution in [0.2, 0.25) is 0 Å².